The van der Waals surface area contributed by atoms with Crippen LogP contribution < -0.4 is 4.74 Å². The van der Waals surface area contributed by atoms with Crippen molar-refractivity contribution in [3.05, 3.63) is 65.7 Å². The number of carbonyl (C=O) groups is 1. The number of carbonyl (C=O) groups excluding carboxylic acids is 1. The van der Waals surface area contributed by atoms with E-state index in [4.69, 9.17) is 4.74 Å². The molecular weight excluding hydrogens is 445 g/mol. The van der Waals surface area contributed by atoms with Gasteiger partial charge in [-0.25, -0.2) is 0 Å². The van der Waals surface area contributed by atoms with E-state index in [2.05, 4.69) is 18.9 Å². The number of nitrogens with zero attached hydrogens (tertiary/aromatic N) is 2. The molecule has 2 aromatic rings. The summed E-state index contributed by atoms with van der Waals surface area (Å²) in [5.41, 5.74) is -1.33. The monoisotopic (exact) mass is 476 g/mol. The van der Waals surface area contributed by atoms with Gasteiger partial charge >= 0.3 is 6.18 Å². The third kappa shape index (κ3) is 5.43. The maximum Gasteiger partial charge on any atom is 0.438 e. The van der Waals surface area contributed by atoms with Crippen molar-refractivity contribution < 1.29 is 27.8 Å². The minimum Gasteiger partial charge on any atom is -0.484 e. The van der Waals surface area contributed by atoms with Crippen molar-refractivity contribution in [3.8, 4) is 5.75 Å². The number of aliphatic hydroxyl groups is 1. The van der Waals surface area contributed by atoms with Gasteiger partial charge in [-0.2, -0.15) is 23.3 Å². The van der Waals surface area contributed by atoms with Crippen LogP contribution in [0.1, 0.15) is 58.1 Å². The molecule has 0 saturated heterocycles. The summed E-state index contributed by atoms with van der Waals surface area (Å²) >= 11 is 0. The van der Waals surface area contributed by atoms with Crippen LogP contribution in [0.5, 0.6) is 5.75 Å². The van der Waals surface area contributed by atoms with Gasteiger partial charge in [0.05, 0.1) is 0 Å². The number of benzene rings is 2. The maximum absolute atomic E-state index is 13.6. The largest absolute Gasteiger partial charge is 0.484 e. The van der Waals surface area contributed by atoms with Crippen molar-refractivity contribution in [2.75, 3.05) is 6.61 Å². The second-order valence-electron chi connectivity index (χ2n) is 9.60. The smallest absolute Gasteiger partial charge is 0.438 e. The quantitative estimate of drug-likeness (QED) is 0.534. The second kappa shape index (κ2) is 9.78. The third-order valence-corrected chi connectivity index (χ3v) is 6.18. The Kier molecular flexibility index (Phi) is 7.41. The average Bonchev–Trinajstić information content (AvgIpc) is 3.15. The number of hydrogen-bond donors (Lipinski definition) is 1. The summed E-state index contributed by atoms with van der Waals surface area (Å²) < 4.78 is 46.3. The Morgan fingerprint density at radius 3 is 2.24 bits per heavy atom. The Bertz CT molecular complexity index is 1020. The van der Waals surface area contributed by atoms with Crippen LogP contribution in [0.3, 0.4) is 0 Å². The second-order valence-corrected chi connectivity index (χ2v) is 9.60. The molecule has 0 unspecified atom stereocenters. The van der Waals surface area contributed by atoms with E-state index in [9.17, 15) is 23.1 Å². The van der Waals surface area contributed by atoms with Gasteiger partial charge in [-0.15, -0.1) is 0 Å². The van der Waals surface area contributed by atoms with Gasteiger partial charge in [0.2, 0.25) is 0 Å². The lowest BCUT2D eigenvalue weighted by Crippen LogP contribution is -2.57. The first-order valence-electron chi connectivity index (χ1n) is 11.3. The first-order valence-corrected chi connectivity index (χ1v) is 11.3. The van der Waals surface area contributed by atoms with E-state index >= 15 is 0 Å². The van der Waals surface area contributed by atoms with Crippen LogP contribution in [0.2, 0.25) is 0 Å². The molecule has 1 heterocycles. The van der Waals surface area contributed by atoms with Crippen molar-refractivity contribution in [3.63, 3.8) is 0 Å². The first kappa shape index (κ1) is 25.7. The van der Waals surface area contributed by atoms with Crippen LogP contribution in [0.25, 0.3) is 0 Å². The standard InChI is InChI=1S/C26H31F3N2O3/c1-18(2)10-13-21-16-25(33,26(27,28)29)31(30-21)23(32)17-34-22-14-11-20(12-15-22)24(3,4)19-8-6-5-7-9-19/h5-9,11-12,14-15,18,33H,10,13,16-17H2,1-4H3/t25-/m1/s1. The Morgan fingerprint density at radius 2 is 1.68 bits per heavy atom. The average molecular weight is 477 g/mol. The van der Waals surface area contributed by atoms with E-state index in [-0.39, 0.29) is 28.5 Å². The number of hydrogen-bond acceptors (Lipinski definition) is 4. The molecule has 184 valence electrons. The molecule has 0 saturated carbocycles. The zero-order chi connectivity index (χ0) is 25.1. The highest BCUT2D eigenvalue weighted by molar-refractivity contribution is 5.91. The summed E-state index contributed by atoms with van der Waals surface area (Å²) in [6.45, 7) is 7.37. The van der Waals surface area contributed by atoms with Crippen LogP contribution >= 0.6 is 0 Å². The van der Waals surface area contributed by atoms with Crippen LogP contribution in [-0.2, 0) is 10.2 Å². The Labute approximate surface area is 198 Å². The normalized spacial score (nSPS) is 18.9. The van der Waals surface area contributed by atoms with Crippen LogP contribution in [-0.4, -0.2) is 40.2 Å². The zero-order valence-corrected chi connectivity index (χ0v) is 19.9. The molecule has 1 aliphatic rings. The summed E-state index contributed by atoms with van der Waals surface area (Å²) in [6, 6.07) is 17.0. The van der Waals surface area contributed by atoms with Crippen LogP contribution in [0, 0.1) is 5.92 Å². The lowest BCUT2D eigenvalue weighted by Gasteiger charge is -2.32. The van der Waals surface area contributed by atoms with Gasteiger partial charge in [-0.3, -0.25) is 4.79 Å². The number of amides is 1. The van der Waals surface area contributed by atoms with Crippen molar-refractivity contribution >= 4 is 11.6 Å². The molecule has 0 fully saturated rings. The molecule has 3 rings (SSSR count). The molecule has 1 atom stereocenters. The molecule has 1 N–H and O–H groups in total. The Morgan fingerprint density at radius 1 is 1.09 bits per heavy atom. The highest BCUT2D eigenvalue weighted by atomic mass is 19.4. The van der Waals surface area contributed by atoms with Gasteiger partial charge in [0.15, 0.2) is 6.61 Å². The molecule has 5 nitrogen and oxygen atoms in total. The van der Waals surface area contributed by atoms with Crippen molar-refractivity contribution in [1.82, 2.24) is 5.01 Å². The lowest BCUT2D eigenvalue weighted by molar-refractivity contribution is -0.302. The topological polar surface area (TPSA) is 62.1 Å². The summed E-state index contributed by atoms with van der Waals surface area (Å²) in [5, 5.41) is 14.3. The fourth-order valence-electron chi connectivity index (χ4n) is 3.89. The zero-order valence-electron chi connectivity index (χ0n) is 19.9. The summed E-state index contributed by atoms with van der Waals surface area (Å²) in [5.74, 6) is -0.475. The number of ether oxygens (including phenoxy) is 1. The summed E-state index contributed by atoms with van der Waals surface area (Å²) in [7, 11) is 0. The predicted molar refractivity (Wildman–Crippen MR) is 124 cm³/mol. The number of hydrazone groups is 1. The molecular formula is C26H31F3N2O3. The molecule has 0 bridgehead atoms. The molecule has 1 aliphatic heterocycles. The fourth-order valence-corrected chi connectivity index (χ4v) is 3.89. The van der Waals surface area contributed by atoms with Crippen molar-refractivity contribution in [2.24, 2.45) is 11.0 Å². The van der Waals surface area contributed by atoms with Crippen molar-refractivity contribution in [1.29, 1.82) is 0 Å². The molecule has 0 radical (unpaired) electrons. The molecule has 8 heteroatoms. The van der Waals surface area contributed by atoms with Gasteiger partial charge in [0, 0.05) is 17.5 Å². The van der Waals surface area contributed by atoms with Gasteiger partial charge in [0.25, 0.3) is 11.6 Å². The third-order valence-electron chi connectivity index (χ3n) is 6.18. The Balaban J connectivity index is 1.70. The molecule has 0 aromatic heterocycles. The highest BCUT2D eigenvalue weighted by Crippen LogP contribution is 2.41. The maximum atomic E-state index is 13.6. The Hall–Kier alpha value is -2.87. The number of alkyl halides is 3. The van der Waals surface area contributed by atoms with Gasteiger partial charge in [-0.1, -0.05) is 70.2 Å². The van der Waals surface area contributed by atoms with E-state index in [1.807, 2.05) is 56.3 Å². The van der Waals surface area contributed by atoms with Gasteiger partial charge < -0.3 is 9.84 Å². The molecule has 0 spiro atoms. The van der Waals surface area contributed by atoms with Crippen LogP contribution in [0.4, 0.5) is 13.2 Å². The minimum atomic E-state index is -5.05. The SMILES string of the molecule is CC(C)CCC1=NN(C(=O)COc2ccc(C(C)(C)c3ccccc3)cc2)[C@](O)(C(F)(F)F)C1. The fraction of sp³-hybridized carbons (Fsp3) is 0.462. The van der Waals surface area contributed by atoms with E-state index in [1.54, 1.807) is 12.1 Å². The van der Waals surface area contributed by atoms with Crippen LogP contribution in [0.15, 0.2) is 59.7 Å². The molecule has 34 heavy (non-hydrogen) atoms. The van der Waals surface area contributed by atoms with E-state index in [0.717, 1.165) is 11.1 Å². The van der Waals surface area contributed by atoms with Gasteiger partial charge in [0.1, 0.15) is 5.75 Å². The predicted octanol–water partition coefficient (Wildman–Crippen LogP) is 5.67. The van der Waals surface area contributed by atoms with Crippen molar-refractivity contribution in [2.45, 2.75) is 64.3 Å². The highest BCUT2D eigenvalue weighted by Gasteiger charge is 2.63. The van der Waals surface area contributed by atoms with E-state index in [0.29, 0.717) is 12.2 Å². The molecule has 1 amide bonds. The lowest BCUT2D eigenvalue weighted by atomic mass is 9.78. The summed E-state index contributed by atoms with van der Waals surface area (Å²) in [4.78, 5) is 12.6. The molecule has 0 aliphatic carbocycles. The molecule has 2 aromatic carbocycles. The van der Waals surface area contributed by atoms with Gasteiger partial charge in [-0.05, 0) is 42.0 Å². The summed E-state index contributed by atoms with van der Waals surface area (Å²) in [6.07, 6.45) is -4.91. The number of rotatable bonds is 8. The first-order chi connectivity index (χ1) is 15.8. The van der Waals surface area contributed by atoms with E-state index < -0.39 is 30.8 Å². The number of halogens is 3. The minimum absolute atomic E-state index is 0.134. The van der Waals surface area contributed by atoms with E-state index in [1.165, 1.54) is 0 Å².